The molecule has 0 fully saturated rings. The van der Waals surface area contributed by atoms with E-state index < -0.39 is 18.0 Å². The lowest BCUT2D eigenvalue weighted by Crippen LogP contribution is -2.21. The first-order valence-corrected chi connectivity index (χ1v) is 6.55. The SMILES string of the molecule is COC(=O)[C@H](OC(=O)c1ccco1)c1cc(Cl)cc(Cl)c1. The van der Waals surface area contributed by atoms with E-state index in [2.05, 4.69) is 4.74 Å². The quantitative estimate of drug-likeness (QED) is 0.801. The Hall–Kier alpha value is -1.98. The van der Waals surface area contributed by atoms with Gasteiger partial charge in [0.15, 0.2) is 0 Å². The molecule has 1 aromatic carbocycles. The van der Waals surface area contributed by atoms with E-state index in [1.807, 2.05) is 0 Å². The summed E-state index contributed by atoms with van der Waals surface area (Å²) in [6, 6.07) is 7.37. The smallest absolute Gasteiger partial charge is 0.375 e. The van der Waals surface area contributed by atoms with Crippen LogP contribution in [0.25, 0.3) is 0 Å². The standard InChI is InChI=1S/C14H10Cl2O5/c1-19-14(18)12(8-5-9(15)7-10(16)6-8)21-13(17)11-3-2-4-20-11/h2-7,12H,1H3/t12-/m1/s1. The minimum atomic E-state index is -1.29. The molecule has 0 radical (unpaired) electrons. The molecule has 7 heteroatoms. The molecule has 5 nitrogen and oxygen atoms in total. The Balaban J connectivity index is 2.30. The van der Waals surface area contributed by atoms with Crippen molar-refractivity contribution in [3.05, 3.63) is 58.0 Å². The number of esters is 2. The minimum absolute atomic E-state index is 0.0305. The first kappa shape index (κ1) is 15.4. The third-order valence-electron chi connectivity index (χ3n) is 2.55. The number of carbonyl (C=O) groups excluding carboxylic acids is 2. The zero-order valence-electron chi connectivity index (χ0n) is 10.8. The molecule has 0 saturated heterocycles. The summed E-state index contributed by atoms with van der Waals surface area (Å²) in [5, 5.41) is 0.612. The number of ether oxygens (including phenoxy) is 2. The van der Waals surface area contributed by atoms with Crippen molar-refractivity contribution in [1.82, 2.24) is 0 Å². The van der Waals surface area contributed by atoms with Crippen LogP contribution in [0, 0.1) is 0 Å². The molecular weight excluding hydrogens is 319 g/mol. The first-order valence-electron chi connectivity index (χ1n) is 5.79. The molecule has 0 aliphatic rings. The van der Waals surface area contributed by atoms with Gasteiger partial charge in [0.2, 0.25) is 11.9 Å². The molecule has 2 rings (SSSR count). The zero-order chi connectivity index (χ0) is 15.4. The number of methoxy groups -OCH3 is 1. The topological polar surface area (TPSA) is 65.7 Å². The van der Waals surface area contributed by atoms with E-state index in [1.54, 1.807) is 0 Å². The van der Waals surface area contributed by atoms with E-state index in [1.165, 1.54) is 43.7 Å². The van der Waals surface area contributed by atoms with Crippen LogP contribution < -0.4 is 0 Å². The number of benzene rings is 1. The second-order valence-electron chi connectivity index (χ2n) is 3.99. The summed E-state index contributed by atoms with van der Waals surface area (Å²) in [5.74, 6) is -1.59. The third-order valence-corrected chi connectivity index (χ3v) is 2.99. The molecule has 110 valence electrons. The highest BCUT2D eigenvalue weighted by Crippen LogP contribution is 2.27. The Morgan fingerprint density at radius 2 is 1.86 bits per heavy atom. The van der Waals surface area contributed by atoms with Gasteiger partial charge in [0.1, 0.15) is 0 Å². The van der Waals surface area contributed by atoms with Gasteiger partial charge in [0.05, 0.1) is 13.4 Å². The minimum Gasteiger partial charge on any atom is -0.466 e. The lowest BCUT2D eigenvalue weighted by atomic mass is 10.1. The van der Waals surface area contributed by atoms with Gasteiger partial charge in [-0.3, -0.25) is 0 Å². The molecule has 2 aromatic rings. The predicted octanol–water partition coefficient (Wildman–Crippen LogP) is 3.66. The fourth-order valence-electron chi connectivity index (χ4n) is 1.65. The highest BCUT2D eigenvalue weighted by Gasteiger charge is 2.28. The Kier molecular flexibility index (Phi) is 4.88. The fraction of sp³-hybridized carbons (Fsp3) is 0.143. The van der Waals surface area contributed by atoms with E-state index in [4.69, 9.17) is 32.4 Å². The predicted molar refractivity (Wildman–Crippen MR) is 75.3 cm³/mol. The number of furan rings is 1. The van der Waals surface area contributed by atoms with Crippen molar-refractivity contribution in [2.75, 3.05) is 7.11 Å². The number of carbonyl (C=O) groups is 2. The van der Waals surface area contributed by atoms with Crippen LogP contribution in [0.3, 0.4) is 0 Å². The molecule has 0 saturated carbocycles. The summed E-state index contributed by atoms with van der Waals surface area (Å²) in [6.07, 6.45) is 0.0313. The van der Waals surface area contributed by atoms with Crippen LogP contribution >= 0.6 is 23.2 Å². The van der Waals surface area contributed by atoms with Gasteiger partial charge in [-0.25, -0.2) is 9.59 Å². The van der Waals surface area contributed by atoms with Gasteiger partial charge >= 0.3 is 11.9 Å². The number of halogens is 2. The fourth-order valence-corrected chi connectivity index (χ4v) is 2.19. The monoisotopic (exact) mass is 328 g/mol. The van der Waals surface area contributed by atoms with Crippen LogP contribution in [-0.4, -0.2) is 19.0 Å². The van der Waals surface area contributed by atoms with Crippen molar-refractivity contribution in [2.24, 2.45) is 0 Å². The highest BCUT2D eigenvalue weighted by molar-refractivity contribution is 6.34. The van der Waals surface area contributed by atoms with Crippen molar-refractivity contribution in [1.29, 1.82) is 0 Å². The summed E-state index contributed by atoms with van der Waals surface area (Å²) in [6.45, 7) is 0. The number of rotatable bonds is 4. The molecule has 0 bridgehead atoms. The van der Waals surface area contributed by atoms with E-state index in [0.29, 0.717) is 15.6 Å². The number of hydrogen-bond acceptors (Lipinski definition) is 5. The highest BCUT2D eigenvalue weighted by atomic mass is 35.5. The Morgan fingerprint density at radius 3 is 2.38 bits per heavy atom. The average molecular weight is 329 g/mol. The summed E-state index contributed by atoms with van der Waals surface area (Å²) < 4.78 is 14.7. The van der Waals surface area contributed by atoms with Crippen LogP contribution in [-0.2, 0) is 14.3 Å². The van der Waals surface area contributed by atoms with Crippen molar-refractivity contribution in [2.45, 2.75) is 6.10 Å². The second-order valence-corrected chi connectivity index (χ2v) is 4.86. The lowest BCUT2D eigenvalue weighted by molar-refractivity contribution is -0.151. The molecule has 0 aliphatic heterocycles. The van der Waals surface area contributed by atoms with Gasteiger partial charge in [-0.1, -0.05) is 23.2 Å². The van der Waals surface area contributed by atoms with E-state index in [0.717, 1.165) is 0 Å². The zero-order valence-corrected chi connectivity index (χ0v) is 12.4. The first-order chi connectivity index (χ1) is 10.0. The van der Waals surface area contributed by atoms with E-state index in [-0.39, 0.29) is 5.76 Å². The van der Waals surface area contributed by atoms with Crippen LogP contribution in [0.5, 0.6) is 0 Å². The molecule has 0 N–H and O–H groups in total. The molecule has 1 aromatic heterocycles. The molecule has 21 heavy (non-hydrogen) atoms. The van der Waals surface area contributed by atoms with E-state index >= 15 is 0 Å². The van der Waals surface area contributed by atoms with Gasteiger partial charge < -0.3 is 13.9 Å². The summed E-state index contributed by atoms with van der Waals surface area (Å²) in [4.78, 5) is 23.7. The summed E-state index contributed by atoms with van der Waals surface area (Å²) >= 11 is 11.8. The summed E-state index contributed by atoms with van der Waals surface area (Å²) in [5.41, 5.74) is 0.305. The molecule has 0 unspecified atom stereocenters. The van der Waals surface area contributed by atoms with Crippen molar-refractivity contribution >= 4 is 35.1 Å². The lowest BCUT2D eigenvalue weighted by Gasteiger charge is -2.16. The van der Waals surface area contributed by atoms with Crippen molar-refractivity contribution in [3.8, 4) is 0 Å². The van der Waals surface area contributed by atoms with E-state index in [9.17, 15) is 9.59 Å². The maximum absolute atomic E-state index is 11.9. The molecule has 1 heterocycles. The molecule has 1 atom stereocenters. The molecule has 0 aliphatic carbocycles. The maximum Gasteiger partial charge on any atom is 0.375 e. The summed E-state index contributed by atoms with van der Waals surface area (Å²) in [7, 11) is 1.18. The van der Waals surface area contributed by atoms with Gasteiger partial charge in [-0.15, -0.1) is 0 Å². The van der Waals surface area contributed by atoms with Gasteiger partial charge in [0, 0.05) is 15.6 Å². The van der Waals surface area contributed by atoms with Crippen LogP contribution in [0.15, 0.2) is 41.0 Å². The Labute approximate surface area is 130 Å². The van der Waals surface area contributed by atoms with Gasteiger partial charge in [-0.05, 0) is 30.3 Å². The average Bonchev–Trinajstić information content (AvgIpc) is 2.96. The molecule has 0 spiro atoms. The largest absolute Gasteiger partial charge is 0.466 e. The Morgan fingerprint density at radius 1 is 1.19 bits per heavy atom. The molecule has 0 amide bonds. The third kappa shape index (κ3) is 3.77. The van der Waals surface area contributed by atoms with Crippen molar-refractivity contribution < 1.29 is 23.5 Å². The van der Waals surface area contributed by atoms with Crippen LogP contribution in [0.4, 0.5) is 0 Å². The van der Waals surface area contributed by atoms with Crippen LogP contribution in [0.1, 0.15) is 22.2 Å². The second kappa shape index (κ2) is 6.65. The number of hydrogen-bond donors (Lipinski definition) is 0. The molecular formula is C14H10Cl2O5. The van der Waals surface area contributed by atoms with Crippen LogP contribution in [0.2, 0.25) is 10.0 Å². The van der Waals surface area contributed by atoms with Crippen molar-refractivity contribution in [3.63, 3.8) is 0 Å². The maximum atomic E-state index is 11.9. The van der Waals surface area contributed by atoms with Gasteiger partial charge in [0.25, 0.3) is 0 Å². The van der Waals surface area contributed by atoms with Gasteiger partial charge in [-0.2, -0.15) is 0 Å². The Bertz CT molecular complexity index is 631. The normalized spacial score (nSPS) is 11.8.